The third kappa shape index (κ3) is 6.98. The summed E-state index contributed by atoms with van der Waals surface area (Å²) in [4.78, 5) is 12.1. The molecule has 2 aromatic rings. The van der Waals surface area contributed by atoms with Crippen molar-refractivity contribution in [2.24, 2.45) is 5.73 Å². The quantitative estimate of drug-likeness (QED) is 0.539. The van der Waals surface area contributed by atoms with Crippen LogP contribution in [0.5, 0.6) is 5.75 Å². The van der Waals surface area contributed by atoms with E-state index in [-0.39, 0.29) is 5.92 Å². The second-order valence-electron chi connectivity index (χ2n) is 7.91. The smallest absolute Gasteiger partial charge is 0.335 e. The maximum Gasteiger partial charge on any atom is 0.335 e. The van der Waals surface area contributed by atoms with E-state index in [9.17, 15) is 4.79 Å². The van der Waals surface area contributed by atoms with Crippen LogP contribution in [0.2, 0.25) is 0 Å². The number of carbonyl (C=O) groups is 1. The van der Waals surface area contributed by atoms with Crippen molar-refractivity contribution in [3.05, 3.63) is 65.7 Å². The Hall–Kier alpha value is -2.37. The number of rotatable bonds is 8. The van der Waals surface area contributed by atoms with E-state index in [0.29, 0.717) is 6.61 Å². The number of ether oxygens (including phenoxy) is 3. The van der Waals surface area contributed by atoms with Gasteiger partial charge >= 0.3 is 5.97 Å². The highest BCUT2D eigenvalue weighted by Crippen LogP contribution is 2.23. The van der Waals surface area contributed by atoms with Gasteiger partial charge in [0.2, 0.25) is 0 Å². The van der Waals surface area contributed by atoms with Crippen LogP contribution in [-0.2, 0) is 20.9 Å². The summed E-state index contributed by atoms with van der Waals surface area (Å²) in [6.07, 6.45) is -1.36. The van der Waals surface area contributed by atoms with Gasteiger partial charge in [-0.05, 0) is 51.0 Å². The van der Waals surface area contributed by atoms with Gasteiger partial charge in [-0.25, -0.2) is 4.79 Å². The second-order valence-corrected chi connectivity index (χ2v) is 7.91. The maximum absolute atomic E-state index is 12.1. The van der Waals surface area contributed by atoms with Crippen molar-refractivity contribution in [1.82, 2.24) is 0 Å². The molecule has 0 fully saturated rings. The van der Waals surface area contributed by atoms with Crippen LogP contribution in [0.25, 0.3) is 0 Å². The molecule has 0 aromatic heterocycles. The Bertz CT molecular complexity index is 737. The Labute approximate surface area is 167 Å². The Morgan fingerprint density at radius 1 is 1.00 bits per heavy atom. The normalized spacial score (nSPS) is 14.8. The lowest BCUT2D eigenvalue weighted by Gasteiger charge is -2.26. The lowest BCUT2D eigenvalue weighted by Crippen LogP contribution is -2.39. The molecule has 0 aliphatic rings. The van der Waals surface area contributed by atoms with Gasteiger partial charge in [0, 0.05) is 5.92 Å². The van der Waals surface area contributed by atoms with Gasteiger partial charge < -0.3 is 19.9 Å². The zero-order valence-corrected chi connectivity index (χ0v) is 17.3. The predicted octanol–water partition coefficient (Wildman–Crippen LogP) is 4.40. The first kappa shape index (κ1) is 21.9. The SMILES string of the molecule is C[C@H](O[C@H](N)[C@@H](C)c1ccc(OCc2ccccc2)cc1)C(=O)OC(C)(C)C. The molecule has 3 atom stereocenters. The molecular formula is C23H31NO4. The fourth-order valence-corrected chi connectivity index (χ4v) is 2.59. The Morgan fingerprint density at radius 3 is 2.18 bits per heavy atom. The highest BCUT2D eigenvalue weighted by molar-refractivity contribution is 5.74. The van der Waals surface area contributed by atoms with Crippen LogP contribution in [0.3, 0.4) is 0 Å². The van der Waals surface area contributed by atoms with Crippen LogP contribution in [0.4, 0.5) is 0 Å². The molecule has 5 heteroatoms. The molecule has 0 spiro atoms. The van der Waals surface area contributed by atoms with Gasteiger partial charge in [0.05, 0.1) is 0 Å². The molecule has 0 amide bonds. The summed E-state index contributed by atoms with van der Waals surface area (Å²) in [7, 11) is 0. The van der Waals surface area contributed by atoms with E-state index in [0.717, 1.165) is 16.9 Å². The van der Waals surface area contributed by atoms with Gasteiger partial charge in [-0.2, -0.15) is 0 Å². The van der Waals surface area contributed by atoms with Gasteiger partial charge in [0.15, 0.2) is 6.10 Å². The maximum atomic E-state index is 12.1. The Balaban J connectivity index is 1.88. The van der Waals surface area contributed by atoms with E-state index < -0.39 is 23.9 Å². The first-order chi connectivity index (χ1) is 13.2. The van der Waals surface area contributed by atoms with E-state index >= 15 is 0 Å². The number of esters is 1. The third-order valence-electron chi connectivity index (χ3n) is 4.25. The fraction of sp³-hybridized carbons (Fsp3) is 0.435. The zero-order valence-electron chi connectivity index (χ0n) is 17.3. The summed E-state index contributed by atoms with van der Waals surface area (Å²) in [6, 6.07) is 17.8. The largest absolute Gasteiger partial charge is 0.489 e. The highest BCUT2D eigenvalue weighted by Gasteiger charge is 2.26. The van der Waals surface area contributed by atoms with E-state index in [1.54, 1.807) is 6.92 Å². The number of hydrogen-bond acceptors (Lipinski definition) is 5. The summed E-state index contributed by atoms with van der Waals surface area (Å²) in [5.74, 6) is 0.282. The van der Waals surface area contributed by atoms with E-state index in [1.165, 1.54) is 0 Å². The molecule has 0 saturated carbocycles. The standard InChI is InChI=1S/C23H31NO4/c1-16(21(24)27-17(2)22(25)28-23(3,4)5)19-11-13-20(14-12-19)26-15-18-9-7-6-8-10-18/h6-14,16-17,21H,15,24H2,1-5H3/t16-,17-,21-/m0/s1. The lowest BCUT2D eigenvalue weighted by atomic mass is 9.99. The average molecular weight is 386 g/mol. The molecule has 0 bridgehead atoms. The van der Waals surface area contributed by atoms with Gasteiger partial charge in [0.25, 0.3) is 0 Å². The summed E-state index contributed by atoms with van der Waals surface area (Å²) in [5, 5.41) is 0. The number of carbonyl (C=O) groups excluding carboxylic acids is 1. The highest BCUT2D eigenvalue weighted by atomic mass is 16.6. The third-order valence-corrected chi connectivity index (χ3v) is 4.25. The van der Waals surface area contributed by atoms with E-state index in [4.69, 9.17) is 19.9 Å². The van der Waals surface area contributed by atoms with Crippen LogP contribution in [0, 0.1) is 0 Å². The van der Waals surface area contributed by atoms with Crippen LogP contribution in [0.15, 0.2) is 54.6 Å². The van der Waals surface area contributed by atoms with Gasteiger partial charge in [-0.1, -0.05) is 49.4 Å². The van der Waals surface area contributed by atoms with Crippen molar-refractivity contribution < 1.29 is 19.0 Å². The number of hydrogen-bond donors (Lipinski definition) is 1. The first-order valence-electron chi connectivity index (χ1n) is 9.56. The van der Waals surface area contributed by atoms with Crippen molar-refractivity contribution in [3.63, 3.8) is 0 Å². The Kier molecular flexibility index (Phi) is 7.61. The summed E-state index contributed by atoms with van der Waals surface area (Å²) < 4.78 is 16.8. The van der Waals surface area contributed by atoms with Crippen LogP contribution >= 0.6 is 0 Å². The van der Waals surface area contributed by atoms with E-state index in [1.807, 2.05) is 82.3 Å². The van der Waals surface area contributed by atoms with Crippen molar-refractivity contribution in [3.8, 4) is 5.75 Å². The topological polar surface area (TPSA) is 70.8 Å². The summed E-state index contributed by atoms with van der Waals surface area (Å²) in [5.41, 5.74) is 7.73. The van der Waals surface area contributed by atoms with Crippen LogP contribution in [-0.4, -0.2) is 23.9 Å². The Morgan fingerprint density at radius 2 is 1.61 bits per heavy atom. The molecule has 0 radical (unpaired) electrons. The monoisotopic (exact) mass is 385 g/mol. The van der Waals surface area contributed by atoms with Crippen molar-refractivity contribution in [1.29, 1.82) is 0 Å². The molecule has 152 valence electrons. The van der Waals surface area contributed by atoms with Crippen LogP contribution < -0.4 is 10.5 Å². The molecule has 5 nitrogen and oxygen atoms in total. The molecule has 2 N–H and O–H groups in total. The van der Waals surface area contributed by atoms with Crippen molar-refractivity contribution in [2.75, 3.05) is 0 Å². The van der Waals surface area contributed by atoms with Crippen molar-refractivity contribution in [2.45, 2.75) is 65.1 Å². The molecule has 0 aliphatic heterocycles. The number of nitrogens with two attached hydrogens (primary N) is 1. The molecule has 0 aliphatic carbocycles. The van der Waals surface area contributed by atoms with E-state index in [2.05, 4.69) is 0 Å². The molecule has 2 rings (SSSR count). The number of benzene rings is 2. The minimum absolute atomic E-state index is 0.0898. The molecule has 2 aromatic carbocycles. The first-order valence-corrected chi connectivity index (χ1v) is 9.56. The summed E-state index contributed by atoms with van der Waals surface area (Å²) in [6.45, 7) is 9.60. The molecular weight excluding hydrogens is 354 g/mol. The van der Waals surface area contributed by atoms with Gasteiger partial charge in [0.1, 0.15) is 24.2 Å². The molecule has 0 heterocycles. The zero-order chi connectivity index (χ0) is 20.7. The minimum atomic E-state index is -0.731. The fourth-order valence-electron chi connectivity index (χ4n) is 2.59. The summed E-state index contributed by atoms with van der Waals surface area (Å²) >= 11 is 0. The van der Waals surface area contributed by atoms with Gasteiger partial charge in [-0.15, -0.1) is 0 Å². The lowest BCUT2D eigenvalue weighted by molar-refractivity contribution is -0.171. The predicted molar refractivity (Wildman–Crippen MR) is 110 cm³/mol. The molecule has 0 unspecified atom stereocenters. The van der Waals surface area contributed by atoms with Crippen LogP contribution in [0.1, 0.15) is 51.7 Å². The minimum Gasteiger partial charge on any atom is -0.489 e. The second kappa shape index (κ2) is 9.71. The molecule has 28 heavy (non-hydrogen) atoms. The average Bonchev–Trinajstić information content (AvgIpc) is 2.65. The molecule has 0 saturated heterocycles. The van der Waals surface area contributed by atoms with Gasteiger partial charge in [-0.3, -0.25) is 0 Å². The van der Waals surface area contributed by atoms with Crippen molar-refractivity contribution >= 4 is 5.97 Å².